The smallest absolute Gasteiger partial charge is 0.0481 e. The molecule has 0 aromatic carbocycles. The van der Waals surface area contributed by atoms with Crippen molar-refractivity contribution in [2.45, 2.75) is 311 Å². The highest BCUT2D eigenvalue weighted by atomic mass is 32.1. The van der Waals surface area contributed by atoms with Gasteiger partial charge in [0, 0.05) is 107 Å². The normalized spacial score (nSPS) is 11.9. The highest BCUT2D eigenvalue weighted by molar-refractivity contribution is 7.33. The van der Waals surface area contributed by atoms with Crippen LogP contribution in [-0.4, -0.2) is 0 Å². The van der Waals surface area contributed by atoms with Crippen molar-refractivity contribution < 1.29 is 0 Å². The predicted molar refractivity (Wildman–Crippen MR) is 503 cm³/mol. The highest BCUT2D eigenvalue weighted by Crippen LogP contribution is 2.54. The molecule has 0 fully saturated rings. The van der Waals surface area contributed by atoms with Crippen molar-refractivity contribution in [3.05, 3.63) is 153 Å². The number of unbranched alkanes of at least 4 members (excludes halogenated alkanes) is 30. The maximum Gasteiger partial charge on any atom is 0.0481 e. The van der Waals surface area contributed by atoms with Crippen molar-refractivity contribution in [3.8, 4) is 107 Å². The van der Waals surface area contributed by atoms with Gasteiger partial charge in [-0.2, -0.15) is 0 Å². The second-order valence-corrected chi connectivity index (χ2v) is 43.1. The monoisotopic (exact) mass is 1660 g/mol. The van der Waals surface area contributed by atoms with Gasteiger partial charge in [-0.3, -0.25) is 0 Å². The molecule has 12 heterocycles. The van der Waals surface area contributed by atoms with E-state index < -0.39 is 0 Å². The van der Waals surface area contributed by atoms with Crippen LogP contribution in [0.15, 0.2) is 120 Å². The number of rotatable bonds is 53. The Morgan fingerprint density at radius 2 is 0.417 bits per heavy atom. The Morgan fingerprint density at radius 3 is 0.759 bits per heavy atom. The molecule has 578 valence electrons. The van der Waals surface area contributed by atoms with Gasteiger partial charge in [-0.1, -0.05) is 234 Å². The molecule has 0 saturated carbocycles. The van der Waals surface area contributed by atoms with Gasteiger partial charge in [0.05, 0.1) is 0 Å². The zero-order valence-electron chi connectivity index (χ0n) is 66.1. The first-order chi connectivity index (χ1) is 53.3. The summed E-state index contributed by atoms with van der Waals surface area (Å²) in [7, 11) is 0. The fourth-order valence-corrected chi connectivity index (χ4v) is 29.4. The standard InChI is InChI=1S/C96H122S12/c1-7-13-19-25-31-37-43-69-63-87(98-68-69)81-52-49-75(99-81)79-56-59-85(103-79)93-73(47-41-35-29-23-17-11-5)66-90(107-93)96-72(46-40-34-28-22-16-10-4)65-89(106-96)83-54-51-77(101-83)80-57-60-86(104-80)94-74(48-42-36-30-24-18-12-6)67-91(108-94)95-71(45-39-33-27-21-15-9-3)64-88(105-95)82-53-50-76(100-82)78-55-58-84(102-78)92-70(61-62-97-92)44-38-32-26-20-14-8-2/h49-68H,7-48H2,1-6H3. The van der Waals surface area contributed by atoms with E-state index in [2.05, 4.69) is 207 Å². The molecular weight excluding hydrogens is 1540 g/mol. The van der Waals surface area contributed by atoms with Crippen molar-refractivity contribution in [3.63, 3.8) is 0 Å². The third-order valence-electron chi connectivity index (χ3n) is 21.7. The van der Waals surface area contributed by atoms with E-state index >= 15 is 0 Å². The molecule has 108 heavy (non-hydrogen) atoms. The van der Waals surface area contributed by atoms with Crippen LogP contribution in [0.3, 0.4) is 0 Å². The fraction of sp³-hybridized carbons (Fsp3) is 0.500. The first-order valence-electron chi connectivity index (χ1n) is 42.6. The van der Waals surface area contributed by atoms with Gasteiger partial charge in [0.25, 0.3) is 0 Å². The van der Waals surface area contributed by atoms with Crippen LogP contribution in [0.1, 0.15) is 306 Å². The van der Waals surface area contributed by atoms with E-state index in [0.29, 0.717) is 0 Å². The first-order valence-corrected chi connectivity index (χ1v) is 52.5. The van der Waals surface area contributed by atoms with Crippen molar-refractivity contribution in [2.24, 2.45) is 0 Å². The number of hydrogen-bond acceptors (Lipinski definition) is 12. The van der Waals surface area contributed by atoms with E-state index in [1.54, 1.807) is 27.8 Å². The minimum atomic E-state index is 1.15. The van der Waals surface area contributed by atoms with Crippen LogP contribution in [-0.2, 0) is 38.5 Å². The number of thiophene rings is 12. The van der Waals surface area contributed by atoms with E-state index in [0.717, 1.165) is 25.7 Å². The van der Waals surface area contributed by atoms with Crippen LogP contribution in [0, 0.1) is 0 Å². The van der Waals surface area contributed by atoms with Gasteiger partial charge in [-0.05, 0) is 230 Å². The average Bonchev–Trinajstić information content (AvgIpc) is 1.63. The van der Waals surface area contributed by atoms with E-state index in [4.69, 9.17) is 0 Å². The molecule has 0 nitrogen and oxygen atoms in total. The van der Waals surface area contributed by atoms with Crippen molar-refractivity contribution in [2.75, 3.05) is 0 Å². The van der Waals surface area contributed by atoms with Gasteiger partial charge in [-0.25, -0.2) is 0 Å². The first kappa shape index (κ1) is 83.8. The Balaban J connectivity index is 0.803. The Morgan fingerprint density at radius 1 is 0.176 bits per heavy atom. The second-order valence-electron chi connectivity index (χ2n) is 30.5. The lowest BCUT2D eigenvalue weighted by Gasteiger charge is -2.03. The summed E-state index contributed by atoms with van der Waals surface area (Å²) in [5.41, 5.74) is 9.32. The number of aryl methyl sites for hydroxylation is 6. The van der Waals surface area contributed by atoms with E-state index in [9.17, 15) is 0 Å². The lowest BCUT2D eigenvalue weighted by Crippen LogP contribution is -1.87. The zero-order valence-corrected chi connectivity index (χ0v) is 75.9. The van der Waals surface area contributed by atoms with Crippen LogP contribution in [0.25, 0.3) is 107 Å². The van der Waals surface area contributed by atoms with Crippen LogP contribution >= 0.6 is 136 Å². The number of hydrogen-bond donors (Lipinski definition) is 0. The molecule has 0 aliphatic heterocycles. The van der Waals surface area contributed by atoms with Gasteiger partial charge in [0.15, 0.2) is 0 Å². The second kappa shape index (κ2) is 45.5. The maximum atomic E-state index is 2.66. The van der Waals surface area contributed by atoms with Crippen LogP contribution in [0.2, 0.25) is 0 Å². The fourth-order valence-electron chi connectivity index (χ4n) is 15.3. The molecule has 0 N–H and O–H groups in total. The Kier molecular flexibility index (Phi) is 35.3. The van der Waals surface area contributed by atoms with Crippen molar-refractivity contribution in [1.29, 1.82) is 0 Å². The molecule has 0 saturated heterocycles. The Labute approximate surface area is 700 Å². The molecule has 0 atom stereocenters. The minimum absolute atomic E-state index is 1.15. The van der Waals surface area contributed by atoms with Gasteiger partial charge in [0.2, 0.25) is 0 Å². The van der Waals surface area contributed by atoms with Crippen molar-refractivity contribution in [1.82, 2.24) is 0 Å². The molecule has 12 rings (SSSR count). The molecule has 0 aliphatic carbocycles. The highest BCUT2D eigenvalue weighted by Gasteiger charge is 2.25. The summed E-state index contributed by atoms with van der Waals surface area (Å²) < 4.78 is 0. The molecule has 12 heteroatoms. The maximum absolute atomic E-state index is 2.66. The van der Waals surface area contributed by atoms with Gasteiger partial charge in [0.1, 0.15) is 0 Å². The molecule has 12 aromatic rings. The lowest BCUT2D eigenvalue weighted by atomic mass is 10.0. The third kappa shape index (κ3) is 24.0. The Bertz CT molecular complexity index is 4500. The SMILES string of the molecule is CCCCCCCCc1csc(-c2ccc(-c3ccc(-c4sc(-c5sc(-c6ccc(-c7ccc(-c8sc(-c9sc(-c%10ccc(-c%11ccc(-c%12sccc%12CCCCCCCC)s%11)s%10)cc9CCCCCCCC)cc8CCCCCCCC)s7)s6)cc5CCCCCCCC)cc4CCCCCCCC)s3)s2)c1. The molecule has 0 radical (unpaired) electrons. The summed E-state index contributed by atoms with van der Waals surface area (Å²) in [4.78, 5) is 31.8. The summed E-state index contributed by atoms with van der Waals surface area (Å²) in [5, 5.41) is 4.74. The average molecular weight is 1660 g/mol. The topological polar surface area (TPSA) is 0 Å². The predicted octanol–water partition coefficient (Wildman–Crippen LogP) is 38.2. The van der Waals surface area contributed by atoms with Gasteiger partial charge >= 0.3 is 0 Å². The third-order valence-corrected chi connectivity index (χ3v) is 36.9. The van der Waals surface area contributed by atoms with Crippen molar-refractivity contribution >= 4 is 136 Å². The molecule has 0 amide bonds. The molecule has 12 aromatic heterocycles. The molecular formula is C96H122S12. The summed E-state index contributed by atoms with van der Waals surface area (Å²) >= 11 is 24.3. The molecule has 0 aliphatic rings. The van der Waals surface area contributed by atoms with E-state index in [-0.39, 0.29) is 0 Å². The van der Waals surface area contributed by atoms with E-state index in [1.807, 2.05) is 90.7 Å². The lowest BCUT2D eigenvalue weighted by molar-refractivity contribution is 0.608. The molecule has 0 unspecified atom stereocenters. The zero-order chi connectivity index (χ0) is 74.5. The Hall–Kier alpha value is -3.60. The minimum Gasteiger partial charge on any atom is -0.143 e. The summed E-state index contributed by atoms with van der Waals surface area (Å²) in [5.74, 6) is 0. The molecule has 0 spiro atoms. The summed E-state index contributed by atoms with van der Waals surface area (Å²) in [6.07, 6.45) is 54.9. The van der Waals surface area contributed by atoms with E-state index in [1.165, 1.54) is 357 Å². The van der Waals surface area contributed by atoms with Crippen LogP contribution < -0.4 is 0 Å². The summed E-state index contributed by atoms with van der Waals surface area (Å²) in [6.45, 7) is 14.0. The quantitative estimate of drug-likeness (QED) is 0.0333. The van der Waals surface area contributed by atoms with Gasteiger partial charge in [-0.15, -0.1) is 136 Å². The molecule has 0 bridgehead atoms. The largest absolute Gasteiger partial charge is 0.143 e. The summed E-state index contributed by atoms with van der Waals surface area (Å²) in [6, 6.07) is 44.6. The van der Waals surface area contributed by atoms with Crippen LogP contribution in [0.4, 0.5) is 0 Å². The van der Waals surface area contributed by atoms with Crippen LogP contribution in [0.5, 0.6) is 0 Å². The van der Waals surface area contributed by atoms with Gasteiger partial charge < -0.3 is 0 Å².